The first-order valence-corrected chi connectivity index (χ1v) is 11.4. The predicted molar refractivity (Wildman–Crippen MR) is 129 cm³/mol. The average molecular weight is 491 g/mol. The lowest BCUT2D eigenvalue weighted by molar-refractivity contribution is -0.125. The van der Waals surface area contributed by atoms with Crippen molar-refractivity contribution < 1.29 is 13.2 Å². The fourth-order valence-corrected chi connectivity index (χ4v) is 4.00. The van der Waals surface area contributed by atoms with Crippen molar-refractivity contribution in [1.82, 2.24) is 30.1 Å². The third-order valence-electron chi connectivity index (χ3n) is 4.59. The van der Waals surface area contributed by atoms with E-state index in [0.29, 0.717) is 22.2 Å². The summed E-state index contributed by atoms with van der Waals surface area (Å²) in [6.45, 7) is 2.94. The standard InChI is InChI=1S/C20H19F3N8S.C2H6/c1-25-8-15(7-24)14-6-13-4-12(2-3-16(13)27-9-14)5-17-28-29-19-31(17)30-18(32-19)10-26-11-20(21,22)23;1-2/h2-4,6-9,26H,5,10-11,24H2,1H3;1-2H3/b15-7+,25-8?;. The van der Waals surface area contributed by atoms with E-state index in [1.807, 2.05) is 38.1 Å². The number of aliphatic imine (C=N–C) groups is 1. The summed E-state index contributed by atoms with van der Waals surface area (Å²) in [5.41, 5.74) is 9.12. The largest absolute Gasteiger partial charge is 0.404 e. The van der Waals surface area contributed by atoms with Crippen LogP contribution in [-0.4, -0.2) is 50.8 Å². The zero-order valence-electron chi connectivity index (χ0n) is 19.0. The molecule has 0 fully saturated rings. The second-order valence-electron chi connectivity index (χ2n) is 6.96. The molecule has 34 heavy (non-hydrogen) atoms. The molecule has 8 nitrogen and oxygen atoms in total. The van der Waals surface area contributed by atoms with E-state index in [-0.39, 0.29) is 6.54 Å². The topological polar surface area (TPSA) is 106 Å². The SMILES string of the molecule is CC.CN=C/C(=C\N)c1cnc2ccc(Cc3nnc4sc(CNCC(F)(F)F)nn34)cc2c1. The lowest BCUT2D eigenvalue weighted by atomic mass is 10.0. The summed E-state index contributed by atoms with van der Waals surface area (Å²) >= 11 is 1.20. The molecule has 1 aromatic carbocycles. The van der Waals surface area contributed by atoms with Gasteiger partial charge in [0.25, 0.3) is 0 Å². The van der Waals surface area contributed by atoms with Crippen molar-refractivity contribution in [1.29, 1.82) is 0 Å². The molecule has 0 aliphatic heterocycles. The van der Waals surface area contributed by atoms with Crippen molar-refractivity contribution in [2.24, 2.45) is 10.7 Å². The number of nitrogens with two attached hydrogens (primary N) is 1. The Bertz CT molecular complexity index is 1310. The number of alkyl halides is 3. The third-order valence-corrected chi connectivity index (χ3v) is 5.49. The Balaban J connectivity index is 0.00000158. The van der Waals surface area contributed by atoms with Crippen molar-refractivity contribution >= 4 is 39.0 Å². The Kier molecular flexibility index (Phi) is 8.29. The summed E-state index contributed by atoms with van der Waals surface area (Å²) in [7, 11) is 1.67. The Hall–Kier alpha value is -3.38. The summed E-state index contributed by atoms with van der Waals surface area (Å²) in [4.78, 5) is 9.02. The van der Waals surface area contributed by atoms with Crippen molar-refractivity contribution in [3.05, 3.63) is 58.6 Å². The summed E-state index contributed by atoms with van der Waals surface area (Å²) in [5.74, 6) is 0.599. The van der Waals surface area contributed by atoms with E-state index in [1.165, 1.54) is 17.5 Å². The first-order valence-electron chi connectivity index (χ1n) is 10.6. The highest BCUT2D eigenvalue weighted by molar-refractivity contribution is 7.16. The van der Waals surface area contributed by atoms with Gasteiger partial charge in [0.15, 0.2) is 5.82 Å². The van der Waals surface area contributed by atoms with Gasteiger partial charge >= 0.3 is 6.18 Å². The first kappa shape index (κ1) is 25.2. The van der Waals surface area contributed by atoms with E-state index in [9.17, 15) is 13.2 Å². The number of allylic oxidation sites excluding steroid dienone is 1. The maximum atomic E-state index is 12.3. The quantitative estimate of drug-likeness (QED) is 0.379. The van der Waals surface area contributed by atoms with Crippen LogP contribution >= 0.6 is 11.3 Å². The highest BCUT2D eigenvalue weighted by Crippen LogP contribution is 2.22. The van der Waals surface area contributed by atoms with Crippen molar-refractivity contribution in [3.8, 4) is 0 Å². The van der Waals surface area contributed by atoms with Crippen LogP contribution in [0.4, 0.5) is 13.2 Å². The van der Waals surface area contributed by atoms with E-state index in [2.05, 4.69) is 30.6 Å². The van der Waals surface area contributed by atoms with Crippen LogP contribution in [0.1, 0.15) is 35.8 Å². The van der Waals surface area contributed by atoms with Crippen LogP contribution in [0.5, 0.6) is 0 Å². The van der Waals surface area contributed by atoms with Gasteiger partial charge in [-0.3, -0.25) is 9.98 Å². The van der Waals surface area contributed by atoms with Gasteiger partial charge in [-0.2, -0.15) is 22.8 Å². The zero-order chi connectivity index (χ0) is 24.7. The Labute approximate surface area is 198 Å². The second-order valence-corrected chi connectivity index (χ2v) is 8.00. The van der Waals surface area contributed by atoms with Gasteiger partial charge < -0.3 is 11.1 Å². The molecule has 0 saturated heterocycles. The van der Waals surface area contributed by atoms with Crippen LogP contribution < -0.4 is 11.1 Å². The molecule has 12 heteroatoms. The Morgan fingerprint density at radius 3 is 2.74 bits per heavy atom. The van der Waals surface area contributed by atoms with Gasteiger partial charge in [0, 0.05) is 48.6 Å². The monoisotopic (exact) mass is 490 g/mol. The number of aromatic nitrogens is 5. The molecule has 3 N–H and O–H groups in total. The molecule has 0 amide bonds. The number of nitrogens with zero attached hydrogens (tertiary/aromatic N) is 6. The summed E-state index contributed by atoms with van der Waals surface area (Å²) in [6.07, 6.45) is 1.09. The van der Waals surface area contributed by atoms with Gasteiger partial charge in [-0.15, -0.1) is 10.2 Å². The summed E-state index contributed by atoms with van der Waals surface area (Å²) in [5, 5.41) is 16.4. The molecule has 3 aromatic heterocycles. The number of rotatable bonds is 7. The van der Waals surface area contributed by atoms with Crippen molar-refractivity contribution in [2.75, 3.05) is 13.6 Å². The molecule has 180 valence electrons. The second kappa shape index (κ2) is 11.2. The van der Waals surface area contributed by atoms with Gasteiger partial charge in [-0.05, 0) is 23.8 Å². The lowest BCUT2D eigenvalue weighted by Gasteiger charge is -2.06. The van der Waals surface area contributed by atoms with Crippen LogP contribution in [0.25, 0.3) is 21.4 Å². The highest BCUT2D eigenvalue weighted by atomic mass is 32.1. The molecule has 4 rings (SSSR count). The number of fused-ring (bicyclic) bond motifs is 2. The number of pyridine rings is 1. The number of benzene rings is 1. The van der Waals surface area contributed by atoms with E-state index < -0.39 is 12.7 Å². The Morgan fingerprint density at radius 1 is 1.24 bits per heavy atom. The summed E-state index contributed by atoms with van der Waals surface area (Å²) in [6, 6.07) is 7.85. The summed E-state index contributed by atoms with van der Waals surface area (Å²) < 4.78 is 38.5. The average Bonchev–Trinajstić information content (AvgIpc) is 3.39. The normalized spacial score (nSPS) is 12.5. The minimum atomic E-state index is -4.26. The maximum absolute atomic E-state index is 12.3. The number of hydrogen-bond acceptors (Lipinski definition) is 8. The molecule has 0 radical (unpaired) electrons. The molecule has 0 saturated carbocycles. The lowest BCUT2D eigenvalue weighted by Crippen LogP contribution is -2.28. The number of hydrogen-bond donors (Lipinski definition) is 2. The Morgan fingerprint density at radius 2 is 2.03 bits per heavy atom. The molecule has 0 unspecified atom stereocenters. The fourth-order valence-electron chi connectivity index (χ4n) is 3.17. The van der Waals surface area contributed by atoms with Crippen LogP contribution in [0, 0.1) is 0 Å². The molecule has 4 aromatic rings. The molecule has 0 aliphatic rings. The van der Waals surface area contributed by atoms with Crippen LogP contribution in [0.3, 0.4) is 0 Å². The molecular formula is C22H25F3N8S. The smallest absolute Gasteiger partial charge is 0.401 e. The molecular weight excluding hydrogens is 465 g/mol. The predicted octanol–water partition coefficient (Wildman–Crippen LogP) is 4.00. The van der Waals surface area contributed by atoms with E-state index >= 15 is 0 Å². The number of halogens is 3. The first-order chi connectivity index (χ1) is 16.4. The van der Waals surface area contributed by atoms with Gasteiger partial charge in [-0.1, -0.05) is 31.3 Å². The third kappa shape index (κ3) is 6.14. The van der Waals surface area contributed by atoms with Crippen molar-refractivity contribution in [3.63, 3.8) is 0 Å². The maximum Gasteiger partial charge on any atom is 0.401 e. The highest BCUT2D eigenvalue weighted by Gasteiger charge is 2.26. The van der Waals surface area contributed by atoms with Gasteiger partial charge in [0.1, 0.15) is 5.01 Å². The van der Waals surface area contributed by atoms with Crippen LogP contribution in [0.2, 0.25) is 0 Å². The molecule has 3 heterocycles. The van der Waals surface area contributed by atoms with E-state index in [1.54, 1.807) is 24.0 Å². The van der Waals surface area contributed by atoms with Crippen molar-refractivity contribution in [2.45, 2.75) is 33.0 Å². The zero-order valence-corrected chi connectivity index (χ0v) is 19.8. The van der Waals surface area contributed by atoms with E-state index in [0.717, 1.165) is 27.6 Å². The minimum absolute atomic E-state index is 0.00938. The fraction of sp³-hybridized carbons (Fsp3) is 0.318. The van der Waals surface area contributed by atoms with Crippen LogP contribution in [0.15, 0.2) is 41.7 Å². The van der Waals surface area contributed by atoms with E-state index in [4.69, 9.17) is 5.73 Å². The van der Waals surface area contributed by atoms with Gasteiger partial charge in [-0.25, -0.2) is 0 Å². The molecule has 0 bridgehead atoms. The molecule has 0 aliphatic carbocycles. The van der Waals surface area contributed by atoms with Crippen LogP contribution in [-0.2, 0) is 13.0 Å². The van der Waals surface area contributed by atoms with Gasteiger partial charge in [0.05, 0.1) is 18.6 Å². The molecule has 0 spiro atoms. The van der Waals surface area contributed by atoms with Gasteiger partial charge in [0.2, 0.25) is 4.96 Å². The molecule has 0 atom stereocenters. The minimum Gasteiger partial charge on any atom is -0.404 e. The number of nitrogens with one attached hydrogen (secondary N) is 1.